The molecule has 0 spiro atoms. The van der Waals surface area contributed by atoms with E-state index in [1.54, 1.807) is 0 Å². The number of aryl methyl sites for hydroxylation is 2. The quantitative estimate of drug-likeness (QED) is 0.601. The molecular weight excluding hydrogens is 276 g/mol. The molecule has 3 aromatic carbocycles. The van der Waals surface area contributed by atoms with Gasteiger partial charge in [0.1, 0.15) is 0 Å². The van der Waals surface area contributed by atoms with Crippen LogP contribution in [0.1, 0.15) is 34.2 Å². The minimum atomic E-state index is 0.117. The van der Waals surface area contributed by atoms with Crippen LogP contribution in [0.5, 0.6) is 0 Å². The Morgan fingerprint density at radius 3 is 2.26 bits per heavy atom. The molecule has 0 heteroatoms. The summed E-state index contributed by atoms with van der Waals surface area (Å²) in [7, 11) is 0. The third kappa shape index (κ3) is 2.49. The highest BCUT2D eigenvalue weighted by molar-refractivity contribution is 5.49. The molecule has 3 aromatic rings. The molecule has 0 amide bonds. The van der Waals surface area contributed by atoms with Gasteiger partial charge in [0.05, 0.1) is 0 Å². The Hall–Kier alpha value is -2.34. The molecule has 23 heavy (non-hydrogen) atoms. The van der Waals surface area contributed by atoms with Crippen LogP contribution in [-0.2, 0) is 18.3 Å². The smallest absolute Gasteiger partial charge is 0.0249 e. The molecule has 114 valence electrons. The molecule has 0 saturated heterocycles. The van der Waals surface area contributed by atoms with Crippen molar-refractivity contribution >= 4 is 0 Å². The molecule has 0 saturated carbocycles. The Kier molecular flexibility index (Phi) is 3.53. The molecule has 4 rings (SSSR count). The molecule has 0 heterocycles. The van der Waals surface area contributed by atoms with Gasteiger partial charge in [-0.3, -0.25) is 0 Å². The molecule has 0 bridgehead atoms. The van der Waals surface area contributed by atoms with Gasteiger partial charge in [0.25, 0.3) is 0 Å². The van der Waals surface area contributed by atoms with Crippen LogP contribution in [0, 0.1) is 6.92 Å². The molecule has 0 aromatic heterocycles. The van der Waals surface area contributed by atoms with Gasteiger partial charge >= 0.3 is 0 Å². The van der Waals surface area contributed by atoms with E-state index in [9.17, 15) is 0 Å². The van der Waals surface area contributed by atoms with E-state index < -0.39 is 0 Å². The third-order valence-electron chi connectivity index (χ3n) is 5.31. The molecule has 1 unspecified atom stereocenters. The van der Waals surface area contributed by atoms with Crippen molar-refractivity contribution < 1.29 is 0 Å². The maximum absolute atomic E-state index is 2.34. The Balaban J connectivity index is 1.86. The second-order valence-corrected chi connectivity index (χ2v) is 6.77. The van der Waals surface area contributed by atoms with E-state index in [1.807, 2.05) is 0 Å². The topological polar surface area (TPSA) is 0 Å². The highest BCUT2D eigenvalue weighted by Crippen LogP contribution is 2.46. The molecule has 0 radical (unpaired) electrons. The summed E-state index contributed by atoms with van der Waals surface area (Å²) in [6.07, 6.45) is 3.45. The number of rotatable bonds is 3. The number of fused-ring (bicyclic) bond motifs is 1. The molecule has 0 fully saturated rings. The van der Waals surface area contributed by atoms with E-state index in [0.717, 1.165) is 6.42 Å². The van der Waals surface area contributed by atoms with Crippen LogP contribution < -0.4 is 0 Å². The lowest BCUT2D eigenvalue weighted by Gasteiger charge is -2.32. The van der Waals surface area contributed by atoms with Gasteiger partial charge < -0.3 is 0 Å². The molecule has 1 aliphatic carbocycles. The maximum atomic E-state index is 2.34. The van der Waals surface area contributed by atoms with Crippen molar-refractivity contribution in [2.45, 2.75) is 31.6 Å². The first kappa shape index (κ1) is 14.3. The zero-order valence-electron chi connectivity index (χ0n) is 13.6. The van der Waals surface area contributed by atoms with Crippen LogP contribution in [0.3, 0.4) is 0 Å². The second kappa shape index (κ2) is 5.70. The second-order valence-electron chi connectivity index (χ2n) is 6.77. The predicted octanol–water partition coefficient (Wildman–Crippen LogP) is 5.47. The summed E-state index contributed by atoms with van der Waals surface area (Å²) in [4.78, 5) is 0. The largest absolute Gasteiger partial charge is 0.0622 e. The van der Waals surface area contributed by atoms with Crippen molar-refractivity contribution in [1.29, 1.82) is 0 Å². The van der Waals surface area contributed by atoms with Crippen LogP contribution in [0.25, 0.3) is 0 Å². The highest BCUT2D eigenvalue weighted by Gasteiger charge is 2.39. The van der Waals surface area contributed by atoms with E-state index in [0.29, 0.717) is 0 Å². The van der Waals surface area contributed by atoms with Crippen molar-refractivity contribution in [2.75, 3.05) is 0 Å². The summed E-state index contributed by atoms with van der Waals surface area (Å²) < 4.78 is 0. The van der Waals surface area contributed by atoms with Gasteiger partial charge in [-0.1, -0.05) is 84.4 Å². The summed E-state index contributed by atoms with van der Waals surface area (Å²) in [5.41, 5.74) is 7.36. The van der Waals surface area contributed by atoms with Gasteiger partial charge in [-0.2, -0.15) is 0 Å². The molecule has 0 aliphatic heterocycles. The lowest BCUT2D eigenvalue weighted by molar-refractivity contribution is 0.507. The van der Waals surface area contributed by atoms with Gasteiger partial charge in [-0.15, -0.1) is 0 Å². The first-order valence-electron chi connectivity index (χ1n) is 8.47. The summed E-state index contributed by atoms with van der Waals surface area (Å²) in [5.74, 6) is 0. The Morgan fingerprint density at radius 2 is 1.48 bits per heavy atom. The zero-order valence-corrected chi connectivity index (χ0v) is 13.6. The van der Waals surface area contributed by atoms with Crippen molar-refractivity contribution in [2.24, 2.45) is 0 Å². The molecule has 0 nitrogen and oxygen atoms in total. The van der Waals surface area contributed by atoms with Gasteiger partial charge in [0.15, 0.2) is 0 Å². The van der Waals surface area contributed by atoms with Crippen LogP contribution in [0.2, 0.25) is 0 Å². The first-order valence-corrected chi connectivity index (χ1v) is 8.47. The molecule has 1 atom stereocenters. The predicted molar refractivity (Wildman–Crippen MR) is 96.9 cm³/mol. The van der Waals surface area contributed by atoms with Crippen LogP contribution in [-0.4, -0.2) is 0 Å². The lowest BCUT2D eigenvalue weighted by atomic mass is 9.71. The van der Waals surface area contributed by atoms with E-state index in [2.05, 4.69) is 85.8 Å². The van der Waals surface area contributed by atoms with E-state index >= 15 is 0 Å². The Labute approximate surface area is 138 Å². The minimum absolute atomic E-state index is 0.117. The standard InChI is InChI=1S/C23H22/c1-18-11-13-21(14-12-18)23(17-19-7-3-2-4-8-19)16-15-20-9-5-6-10-22(20)23/h2-14H,15-17H2,1H3. The molecule has 0 N–H and O–H groups in total. The molecular formula is C23H22. The monoisotopic (exact) mass is 298 g/mol. The fourth-order valence-corrected chi connectivity index (χ4v) is 4.09. The van der Waals surface area contributed by atoms with Crippen LogP contribution in [0.4, 0.5) is 0 Å². The van der Waals surface area contributed by atoms with Crippen molar-refractivity contribution in [3.8, 4) is 0 Å². The maximum Gasteiger partial charge on any atom is 0.0249 e. The van der Waals surface area contributed by atoms with Crippen LogP contribution in [0.15, 0.2) is 78.9 Å². The van der Waals surface area contributed by atoms with Crippen molar-refractivity contribution in [1.82, 2.24) is 0 Å². The zero-order chi connectivity index (χ0) is 15.7. The van der Waals surface area contributed by atoms with Crippen LogP contribution >= 0.6 is 0 Å². The molecule has 1 aliphatic rings. The Morgan fingerprint density at radius 1 is 0.783 bits per heavy atom. The lowest BCUT2D eigenvalue weighted by Crippen LogP contribution is -2.27. The van der Waals surface area contributed by atoms with Gasteiger partial charge in [-0.25, -0.2) is 0 Å². The Bertz CT molecular complexity index is 799. The minimum Gasteiger partial charge on any atom is -0.0622 e. The number of benzene rings is 3. The van der Waals surface area contributed by atoms with E-state index in [1.165, 1.54) is 40.7 Å². The summed E-state index contributed by atoms with van der Waals surface area (Å²) in [5, 5.41) is 0. The van der Waals surface area contributed by atoms with E-state index in [4.69, 9.17) is 0 Å². The summed E-state index contributed by atoms with van der Waals surface area (Å²) >= 11 is 0. The van der Waals surface area contributed by atoms with E-state index in [-0.39, 0.29) is 5.41 Å². The first-order chi connectivity index (χ1) is 11.3. The fraction of sp³-hybridized carbons (Fsp3) is 0.217. The van der Waals surface area contributed by atoms with Gasteiger partial charge in [-0.05, 0) is 48.4 Å². The fourth-order valence-electron chi connectivity index (χ4n) is 4.09. The van der Waals surface area contributed by atoms with Crippen molar-refractivity contribution in [3.05, 3.63) is 107 Å². The third-order valence-corrected chi connectivity index (χ3v) is 5.31. The summed E-state index contributed by atoms with van der Waals surface area (Å²) in [6.45, 7) is 2.16. The SMILES string of the molecule is Cc1ccc(C2(Cc3ccccc3)CCc3ccccc32)cc1. The number of hydrogen-bond acceptors (Lipinski definition) is 0. The van der Waals surface area contributed by atoms with Crippen molar-refractivity contribution in [3.63, 3.8) is 0 Å². The normalized spacial score (nSPS) is 19.5. The van der Waals surface area contributed by atoms with Gasteiger partial charge in [0.2, 0.25) is 0 Å². The average Bonchev–Trinajstić information content (AvgIpc) is 2.96. The highest BCUT2D eigenvalue weighted by atomic mass is 14.4. The summed E-state index contributed by atoms with van der Waals surface area (Å²) in [6, 6.07) is 29.1. The average molecular weight is 298 g/mol. The number of hydrogen-bond donors (Lipinski definition) is 0. The van der Waals surface area contributed by atoms with Gasteiger partial charge in [0, 0.05) is 5.41 Å².